The summed E-state index contributed by atoms with van der Waals surface area (Å²) in [5.74, 6) is -2.20. The molecule has 0 aliphatic rings. The Balaban J connectivity index is 2.09. The van der Waals surface area contributed by atoms with Crippen molar-refractivity contribution in [1.82, 2.24) is 4.31 Å². The highest BCUT2D eigenvalue weighted by Gasteiger charge is 2.21. The van der Waals surface area contributed by atoms with E-state index in [0.717, 1.165) is 22.7 Å². The van der Waals surface area contributed by atoms with Crippen LogP contribution in [0.4, 0.5) is 14.5 Å². The molecule has 0 aromatic heterocycles. The number of ether oxygens (including phenoxy) is 1. The summed E-state index contributed by atoms with van der Waals surface area (Å²) >= 11 is 0. The number of amides is 1. The van der Waals surface area contributed by atoms with Gasteiger partial charge in [0, 0.05) is 18.3 Å². The summed E-state index contributed by atoms with van der Waals surface area (Å²) < 4.78 is 56.0. The monoisotopic (exact) mass is 384 g/mol. The van der Waals surface area contributed by atoms with Gasteiger partial charge in [0.2, 0.25) is 15.9 Å². The van der Waals surface area contributed by atoms with Gasteiger partial charge in [0.15, 0.2) is 11.6 Å². The van der Waals surface area contributed by atoms with Crippen LogP contribution in [-0.2, 0) is 21.4 Å². The van der Waals surface area contributed by atoms with Crippen molar-refractivity contribution in [1.29, 1.82) is 0 Å². The van der Waals surface area contributed by atoms with Gasteiger partial charge in [-0.05, 0) is 29.8 Å². The third-order valence-electron chi connectivity index (χ3n) is 3.51. The third-order valence-corrected chi connectivity index (χ3v) is 4.71. The Morgan fingerprint density at radius 1 is 1.12 bits per heavy atom. The number of nitrogens with one attached hydrogen (secondary N) is 1. The number of benzene rings is 2. The lowest BCUT2D eigenvalue weighted by Crippen LogP contribution is -2.36. The molecule has 1 N–H and O–H groups in total. The highest BCUT2D eigenvalue weighted by Crippen LogP contribution is 2.16. The van der Waals surface area contributed by atoms with E-state index in [9.17, 15) is 22.0 Å². The number of carbonyl (C=O) groups is 1. The summed E-state index contributed by atoms with van der Waals surface area (Å²) in [4.78, 5) is 12.1. The molecule has 9 heteroatoms. The molecule has 0 unspecified atom stereocenters. The zero-order valence-electron chi connectivity index (χ0n) is 14.2. The number of sulfonamides is 1. The average Bonchev–Trinajstić information content (AvgIpc) is 2.57. The number of rotatable bonds is 7. The maximum Gasteiger partial charge on any atom is 0.239 e. The average molecular weight is 384 g/mol. The lowest BCUT2D eigenvalue weighted by Gasteiger charge is -2.19. The third kappa shape index (κ3) is 5.50. The molecule has 0 aliphatic heterocycles. The minimum atomic E-state index is -3.67. The van der Waals surface area contributed by atoms with Gasteiger partial charge in [-0.2, -0.15) is 4.31 Å². The van der Waals surface area contributed by atoms with Crippen molar-refractivity contribution in [3.8, 4) is 5.75 Å². The lowest BCUT2D eigenvalue weighted by molar-refractivity contribution is -0.116. The van der Waals surface area contributed by atoms with E-state index in [1.165, 1.54) is 13.2 Å². The van der Waals surface area contributed by atoms with E-state index in [2.05, 4.69) is 5.32 Å². The predicted octanol–water partition coefficient (Wildman–Crippen LogP) is 2.37. The van der Waals surface area contributed by atoms with Crippen LogP contribution in [0.25, 0.3) is 0 Å². The first-order valence-corrected chi connectivity index (χ1v) is 9.37. The van der Waals surface area contributed by atoms with Crippen molar-refractivity contribution < 1.29 is 26.7 Å². The van der Waals surface area contributed by atoms with Crippen LogP contribution in [0.5, 0.6) is 5.75 Å². The van der Waals surface area contributed by atoms with Crippen molar-refractivity contribution in [2.45, 2.75) is 6.54 Å². The molecule has 0 saturated carbocycles. The molecule has 0 bridgehead atoms. The molecular weight excluding hydrogens is 366 g/mol. The molecule has 2 aromatic carbocycles. The normalized spacial score (nSPS) is 11.4. The second-order valence-corrected chi connectivity index (χ2v) is 7.54. The largest absolute Gasteiger partial charge is 0.497 e. The van der Waals surface area contributed by atoms with Crippen molar-refractivity contribution in [3.63, 3.8) is 0 Å². The Hall–Kier alpha value is -2.52. The zero-order chi connectivity index (χ0) is 19.3. The standard InChI is InChI=1S/C17H18F2N2O4S/c1-25-14-6-3-12(4-7-14)10-21(26(2,23)24)11-17(22)20-13-5-8-15(18)16(19)9-13/h3-9H,10-11H2,1-2H3,(H,20,22). The van der Waals surface area contributed by atoms with Crippen LogP contribution in [0.15, 0.2) is 42.5 Å². The molecule has 1 amide bonds. The van der Waals surface area contributed by atoms with E-state index in [-0.39, 0.29) is 12.2 Å². The maximum absolute atomic E-state index is 13.2. The molecule has 26 heavy (non-hydrogen) atoms. The molecule has 2 rings (SSSR count). The van der Waals surface area contributed by atoms with Crippen molar-refractivity contribution >= 4 is 21.6 Å². The van der Waals surface area contributed by atoms with Crippen LogP contribution >= 0.6 is 0 Å². The number of methoxy groups -OCH3 is 1. The van der Waals surface area contributed by atoms with Gasteiger partial charge in [0.25, 0.3) is 0 Å². The fourth-order valence-corrected chi connectivity index (χ4v) is 2.89. The maximum atomic E-state index is 13.2. The molecule has 0 aliphatic carbocycles. The molecule has 6 nitrogen and oxygen atoms in total. The molecule has 0 saturated heterocycles. The van der Waals surface area contributed by atoms with E-state index < -0.39 is 34.1 Å². The minimum absolute atomic E-state index is 0.0198. The molecule has 140 valence electrons. The Morgan fingerprint density at radius 2 is 1.77 bits per heavy atom. The fourth-order valence-electron chi connectivity index (χ4n) is 2.16. The summed E-state index contributed by atoms with van der Waals surface area (Å²) in [7, 11) is -2.16. The number of hydrogen-bond donors (Lipinski definition) is 1. The Labute approximate surface area is 150 Å². The summed E-state index contributed by atoms with van der Waals surface area (Å²) in [6.07, 6.45) is 0.987. The number of carbonyl (C=O) groups excluding carboxylic acids is 1. The van der Waals surface area contributed by atoms with Crippen LogP contribution in [0.3, 0.4) is 0 Å². The smallest absolute Gasteiger partial charge is 0.239 e. The topological polar surface area (TPSA) is 75.7 Å². The fraction of sp³-hybridized carbons (Fsp3) is 0.235. The highest BCUT2D eigenvalue weighted by molar-refractivity contribution is 7.88. The highest BCUT2D eigenvalue weighted by atomic mass is 32.2. The first-order chi connectivity index (χ1) is 12.2. The Morgan fingerprint density at radius 3 is 2.31 bits per heavy atom. The quantitative estimate of drug-likeness (QED) is 0.795. The van der Waals surface area contributed by atoms with Gasteiger partial charge in [-0.1, -0.05) is 12.1 Å². The van der Waals surface area contributed by atoms with Crippen LogP contribution in [0.2, 0.25) is 0 Å². The van der Waals surface area contributed by atoms with Gasteiger partial charge in [0.1, 0.15) is 5.75 Å². The van der Waals surface area contributed by atoms with E-state index in [0.29, 0.717) is 11.3 Å². The second-order valence-electron chi connectivity index (χ2n) is 5.56. The molecule has 0 atom stereocenters. The molecular formula is C17H18F2N2O4S. The second kappa shape index (κ2) is 8.24. The number of halogens is 2. The first-order valence-electron chi connectivity index (χ1n) is 7.52. The van der Waals surface area contributed by atoms with Crippen molar-refractivity contribution in [3.05, 3.63) is 59.7 Å². The van der Waals surface area contributed by atoms with Crippen LogP contribution in [-0.4, -0.2) is 38.5 Å². The van der Waals surface area contributed by atoms with Crippen molar-refractivity contribution in [2.24, 2.45) is 0 Å². The molecule has 2 aromatic rings. The first kappa shape index (κ1) is 19.8. The Kier molecular flexibility index (Phi) is 6.27. The minimum Gasteiger partial charge on any atom is -0.497 e. The van der Waals surface area contributed by atoms with Gasteiger partial charge in [-0.15, -0.1) is 0 Å². The van der Waals surface area contributed by atoms with E-state index in [4.69, 9.17) is 4.74 Å². The van der Waals surface area contributed by atoms with Crippen LogP contribution in [0, 0.1) is 11.6 Å². The van der Waals surface area contributed by atoms with Gasteiger partial charge < -0.3 is 10.1 Å². The van der Waals surface area contributed by atoms with Crippen molar-refractivity contribution in [2.75, 3.05) is 25.2 Å². The summed E-state index contributed by atoms with van der Waals surface area (Å²) in [6, 6.07) is 9.60. The number of nitrogens with zero attached hydrogens (tertiary/aromatic N) is 1. The molecule has 0 spiro atoms. The Bertz CT molecular complexity index is 886. The number of anilines is 1. The molecule has 0 radical (unpaired) electrons. The summed E-state index contributed by atoms with van der Waals surface area (Å²) in [5, 5.41) is 2.34. The van der Waals surface area contributed by atoms with E-state index in [1.807, 2.05) is 0 Å². The molecule has 0 fully saturated rings. The van der Waals surface area contributed by atoms with E-state index >= 15 is 0 Å². The summed E-state index contributed by atoms with van der Waals surface area (Å²) in [6.45, 7) is -0.488. The van der Waals surface area contributed by atoms with Gasteiger partial charge in [-0.3, -0.25) is 4.79 Å². The van der Waals surface area contributed by atoms with Crippen LogP contribution < -0.4 is 10.1 Å². The zero-order valence-corrected chi connectivity index (χ0v) is 15.0. The summed E-state index contributed by atoms with van der Waals surface area (Å²) in [5.41, 5.74) is 0.698. The van der Waals surface area contributed by atoms with Gasteiger partial charge in [0.05, 0.1) is 19.9 Å². The number of hydrogen-bond acceptors (Lipinski definition) is 4. The predicted molar refractivity (Wildman–Crippen MR) is 93.2 cm³/mol. The van der Waals surface area contributed by atoms with Gasteiger partial charge >= 0.3 is 0 Å². The lowest BCUT2D eigenvalue weighted by atomic mass is 10.2. The van der Waals surface area contributed by atoms with Gasteiger partial charge in [-0.25, -0.2) is 17.2 Å². The SMILES string of the molecule is COc1ccc(CN(CC(=O)Nc2ccc(F)c(F)c2)S(C)(=O)=O)cc1. The molecule has 0 heterocycles. The van der Waals surface area contributed by atoms with E-state index in [1.54, 1.807) is 24.3 Å². The van der Waals surface area contributed by atoms with Crippen LogP contribution in [0.1, 0.15) is 5.56 Å².